The topological polar surface area (TPSA) is 6.48 Å². The van der Waals surface area contributed by atoms with Crippen molar-refractivity contribution in [3.8, 4) is 0 Å². The van der Waals surface area contributed by atoms with Gasteiger partial charge >= 0.3 is 0 Å². The zero-order chi connectivity index (χ0) is 43.0. The van der Waals surface area contributed by atoms with Crippen LogP contribution in [0.4, 0.5) is 22.7 Å². The number of rotatable bonds is 5. The summed E-state index contributed by atoms with van der Waals surface area (Å²) in [5.74, 6) is 0.812. The Kier molecular flexibility index (Phi) is 7.10. The molecular weight excluding hydrogens is 695 g/mol. The van der Waals surface area contributed by atoms with Gasteiger partial charge in [0.15, 0.2) is 0 Å². The summed E-state index contributed by atoms with van der Waals surface area (Å²) in [4.78, 5) is 4.97. The molecule has 0 saturated carbocycles. The lowest BCUT2D eigenvalue weighted by molar-refractivity contribution is 0.332. The largest absolute Gasteiger partial charge is 0.315 e. The summed E-state index contributed by atoms with van der Waals surface area (Å²) in [5, 5.41) is 1.32. The van der Waals surface area contributed by atoms with E-state index in [2.05, 4.69) is 138 Å². The average Bonchev–Trinajstić information content (AvgIpc) is 3.62. The van der Waals surface area contributed by atoms with Crippen LogP contribution in [0, 0.1) is 5.92 Å². The van der Waals surface area contributed by atoms with Crippen LogP contribution in [-0.4, -0.2) is 6.71 Å². The van der Waals surface area contributed by atoms with E-state index in [0.717, 1.165) is 54.0 Å². The molecule has 1 aromatic heterocycles. The number of fused-ring (bicyclic) bond motifs is 6. The Morgan fingerprint density at radius 3 is 2.18 bits per heavy atom. The van der Waals surface area contributed by atoms with Crippen molar-refractivity contribution >= 4 is 66.7 Å². The Labute approximate surface area is 346 Å². The Morgan fingerprint density at radius 2 is 1.48 bits per heavy atom. The molecule has 0 radical (unpaired) electrons. The van der Waals surface area contributed by atoms with Crippen molar-refractivity contribution in [3.63, 3.8) is 0 Å². The molecule has 0 spiro atoms. The molecule has 5 aromatic rings. The summed E-state index contributed by atoms with van der Waals surface area (Å²) in [6, 6.07) is 19.8. The van der Waals surface area contributed by atoms with Gasteiger partial charge in [0.1, 0.15) is 0 Å². The number of anilines is 4. The molecule has 4 aromatic carbocycles. The first kappa shape index (κ1) is 30.6. The van der Waals surface area contributed by atoms with Crippen LogP contribution in [0.3, 0.4) is 0 Å². The van der Waals surface area contributed by atoms with Crippen LogP contribution in [0.25, 0.3) is 15.7 Å². The summed E-state index contributed by atoms with van der Waals surface area (Å²) >= 11 is 1.97. The second kappa shape index (κ2) is 13.0. The molecule has 4 heteroatoms. The van der Waals surface area contributed by atoms with E-state index >= 15 is 0 Å². The number of hydrogen-bond donors (Lipinski definition) is 0. The molecule has 5 aliphatic rings. The smallest absolute Gasteiger partial charge is 0.264 e. The number of hydrogen-bond acceptors (Lipinski definition) is 3. The third-order valence-electron chi connectivity index (χ3n) is 13.6. The fraction of sp³-hybridized carbons (Fsp3) is 0.346. The van der Waals surface area contributed by atoms with E-state index in [9.17, 15) is 0 Å². The predicted molar refractivity (Wildman–Crippen MR) is 244 cm³/mol. The Balaban J connectivity index is 1.31. The van der Waals surface area contributed by atoms with Crippen molar-refractivity contribution in [1.29, 1.82) is 0 Å². The summed E-state index contributed by atoms with van der Waals surface area (Å²) in [6.07, 6.45) is 12.3. The summed E-state index contributed by atoms with van der Waals surface area (Å²) in [7, 11) is 0. The van der Waals surface area contributed by atoms with E-state index in [1.807, 2.05) is 11.3 Å². The lowest BCUT2D eigenvalue weighted by Crippen LogP contribution is -2.55. The minimum Gasteiger partial charge on any atom is -0.315 e. The first-order valence-corrected chi connectivity index (χ1v) is 21.7. The molecule has 0 bridgehead atoms. The van der Waals surface area contributed by atoms with Gasteiger partial charge in [0, 0.05) is 43.3 Å². The Bertz CT molecular complexity index is 2810. The molecule has 0 N–H and O–H groups in total. The van der Waals surface area contributed by atoms with Gasteiger partial charge in [0.05, 0.1) is 12.5 Å². The van der Waals surface area contributed by atoms with Crippen LogP contribution in [-0.2, 0) is 10.8 Å². The molecule has 0 atom stereocenters. The average molecular weight is 756 g/mol. The normalized spacial score (nSPS) is 20.6. The zero-order valence-corrected chi connectivity index (χ0v) is 35.0. The molecule has 3 heterocycles. The second-order valence-electron chi connectivity index (χ2n) is 18.6. The van der Waals surface area contributed by atoms with Gasteiger partial charge in [0.25, 0.3) is 6.71 Å². The molecule has 0 fully saturated rings. The third kappa shape index (κ3) is 5.42. The molecule has 282 valence electrons. The maximum Gasteiger partial charge on any atom is 0.264 e. The van der Waals surface area contributed by atoms with E-state index in [-0.39, 0.29) is 47.8 Å². The zero-order valence-electron chi connectivity index (χ0n) is 39.2. The van der Waals surface area contributed by atoms with Gasteiger partial charge in [-0.3, -0.25) is 0 Å². The maximum absolute atomic E-state index is 9.11. The van der Waals surface area contributed by atoms with Crippen LogP contribution >= 0.6 is 11.3 Å². The maximum atomic E-state index is 9.11. The SMILES string of the molecule is [2H]c1c([2H])c([2H])c(C2=C(N3C4=C(C=C(C(C)C)CC4)B4c5sc6cc7c(cc6c5N(c5ccc(C(C)C)cc5)c5cccc3c54)C(C)(C)CCC7(C)C)C=CCC2)c([2H])c1[2H]. The third-order valence-corrected chi connectivity index (χ3v) is 14.8. The molecule has 2 nitrogen and oxygen atoms in total. The number of benzene rings is 4. The van der Waals surface area contributed by atoms with Crippen LogP contribution in [0.1, 0.15) is 129 Å². The minimum atomic E-state index is -0.359. The van der Waals surface area contributed by atoms with Crippen molar-refractivity contribution < 1.29 is 6.85 Å². The Morgan fingerprint density at radius 1 is 0.786 bits per heavy atom. The van der Waals surface area contributed by atoms with E-state index in [1.54, 1.807) is 0 Å². The number of nitrogens with zero attached hydrogens (tertiary/aromatic N) is 2. The fourth-order valence-corrected chi connectivity index (χ4v) is 11.6. The highest BCUT2D eigenvalue weighted by Gasteiger charge is 2.47. The molecule has 56 heavy (non-hydrogen) atoms. The van der Waals surface area contributed by atoms with Crippen LogP contribution < -0.4 is 20.0 Å². The first-order chi connectivity index (χ1) is 29.0. The van der Waals surface area contributed by atoms with Gasteiger partial charge in [-0.1, -0.05) is 122 Å². The van der Waals surface area contributed by atoms with Crippen molar-refractivity contribution in [2.75, 3.05) is 9.80 Å². The summed E-state index contributed by atoms with van der Waals surface area (Å²) in [6.45, 7) is 18.8. The van der Waals surface area contributed by atoms with Crippen molar-refractivity contribution in [2.24, 2.45) is 5.92 Å². The lowest BCUT2D eigenvalue weighted by atomic mass is 9.35. The minimum absolute atomic E-state index is 0.000477. The van der Waals surface area contributed by atoms with E-state index in [0.29, 0.717) is 23.8 Å². The molecule has 3 aliphatic carbocycles. The standard InChI is InChI=1S/C52H55BN2S/c1-32(2)34-21-24-37(25-22-34)54-45-19-14-20-46-48(45)53(50-49(54)39-30-40-41(31-47(39)56-50)52(7,8)28-27-51(40,5)6)42-29-36(33(3)4)23-26-44(42)55(46)43-18-13-12-17-38(43)35-15-10-9-11-16-35/h9-11,13-16,18-22,24-25,29-33H,12,17,23,26-28H2,1-8H3/i9D,10D,11D,15D,16D. The highest BCUT2D eigenvalue weighted by molar-refractivity contribution is 7.33. The van der Waals surface area contributed by atoms with Crippen molar-refractivity contribution in [2.45, 2.75) is 111 Å². The van der Waals surface area contributed by atoms with Gasteiger partial charge in [-0.05, 0) is 142 Å². The predicted octanol–water partition coefficient (Wildman–Crippen LogP) is 13.5. The molecule has 0 saturated heterocycles. The number of allylic oxidation sites excluding steroid dienone is 7. The molecule has 10 rings (SSSR count). The first-order valence-electron chi connectivity index (χ1n) is 23.3. The van der Waals surface area contributed by atoms with E-state index < -0.39 is 0 Å². The van der Waals surface area contributed by atoms with E-state index in [1.165, 1.54) is 65.9 Å². The van der Waals surface area contributed by atoms with Crippen molar-refractivity contribution in [1.82, 2.24) is 0 Å². The van der Waals surface area contributed by atoms with Crippen molar-refractivity contribution in [3.05, 3.63) is 148 Å². The fourth-order valence-electron chi connectivity index (χ4n) is 10.3. The highest BCUT2D eigenvalue weighted by atomic mass is 32.1. The van der Waals surface area contributed by atoms with Gasteiger partial charge in [-0.15, -0.1) is 11.3 Å². The summed E-state index contributed by atoms with van der Waals surface area (Å²) in [5.41, 5.74) is 16.4. The van der Waals surface area contributed by atoms with Gasteiger partial charge < -0.3 is 9.80 Å². The van der Waals surface area contributed by atoms with Crippen LogP contribution in [0.15, 0.2) is 125 Å². The molecule has 2 aliphatic heterocycles. The summed E-state index contributed by atoms with van der Waals surface area (Å²) < 4.78 is 46.6. The Hall–Kier alpha value is -4.54. The monoisotopic (exact) mass is 755 g/mol. The van der Waals surface area contributed by atoms with Gasteiger partial charge in [-0.25, -0.2) is 0 Å². The molecule has 0 amide bonds. The van der Waals surface area contributed by atoms with E-state index in [4.69, 9.17) is 6.85 Å². The quantitative estimate of drug-likeness (QED) is 0.165. The van der Waals surface area contributed by atoms with Gasteiger partial charge in [-0.2, -0.15) is 0 Å². The second-order valence-corrected chi connectivity index (χ2v) is 19.7. The molecular formula is C52H55BN2S. The number of thiophene rings is 1. The van der Waals surface area contributed by atoms with Crippen LogP contribution in [0.5, 0.6) is 0 Å². The highest BCUT2D eigenvalue weighted by Crippen LogP contribution is 2.53. The van der Waals surface area contributed by atoms with Crippen LogP contribution in [0.2, 0.25) is 0 Å². The van der Waals surface area contributed by atoms with Gasteiger partial charge in [0.2, 0.25) is 0 Å². The molecule has 0 unspecified atom stereocenters. The lowest BCUT2D eigenvalue weighted by Gasteiger charge is -2.46.